The van der Waals surface area contributed by atoms with E-state index in [1.54, 1.807) is 18.2 Å². The number of nitrogens with one attached hydrogen (secondary N) is 2. The maximum absolute atomic E-state index is 12.1. The summed E-state index contributed by atoms with van der Waals surface area (Å²) in [5.41, 5.74) is 7.42. The number of rotatable bonds is 7. The molecule has 26 heavy (non-hydrogen) atoms. The van der Waals surface area contributed by atoms with Crippen LogP contribution >= 0.6 is 0 Å². The summed E-state index contributed by atoms with van der Waals surface area (Å²) in [6.07, 6.45) is 0. The number of carbonyl (C=O) groups is 2. The van der Waals surface area contributed by atoms with Gasteiger partial charge in [-0.05, 0) is 37.1 Å². The predicted molar refractivity (Wildman–Crippen MR) is 102 cm³/mol. The van der Waals surface area contributed by atoms with E-state index in [0.717, 1.165) is 5.56 Å². The normalized spacial score (nSPS) is 11.7. The summed E-state index contributed by atoms with van der Waals surface area (Å²) in [5.74, 6) is 0.499. The monoisotopic (exact) mass is 355 g/mol. The molecule has 0 saturated heterocycles. The number of para-hydroxylation sites is 2. The van der Waals surface area contributed by atoms with Crippen LogP contribution in [0.25, 0.3) is 0 Å². The summed E-state index contributed by atoms with van der Waals surface area (Å²) in [6.45, 7) is 5.54. The Labute approximate surface area is 153 Å². The van der Waals surface area contributed by atoms with Crippen molar-refractivity contribution >= 4 is 17.5 Å². The van der Waals surface area contributed by atoms with Crippen molar-refractivity contribution in [2.45, 2.75) is 26.8 Å². The molecule has 0 bridgehead atoms. The number of hydrogen-bond acceptors (Lipinski definition) is 4. The molecule has 0 heterocycles. The molecule has 4 N–H and O–H groups in total. The molecule has 0 unspecified atom stereocenters. The van der Waals surface area contributed by atoms with Crippen molar-refractivity contribution in [1.29, 1.82) is 0 Å². The zero-order valence-corrected chi connectivity index (χ0v) is 15.3. The number of ether oxygens (including phenoxy) is 1. The van der Waals surface area contributed by atoms with Crippen LogP contribution in [-0.4, -0.2) is 24.4 Å². The lowest BCUT2D eigenvalue weighted by Gasteiger charge is -2.16. The summed E-state index contributed by atoms with van der Waals surface area (Å²) < 4.78 is 5.84. The predicted octanol–water partition coefficient (Wildman–Crippen LogP) is 2.83. The van der Waals surface area contributed by atoms with Crippen LogP contribution < -0.4 is 21.1 Å². The summed E-state index contributed by atoms with van der Waals surface area (Å²) in [7, 11) is 0. The fraction of sp³-hybridized carbons (Fsp3) is 0.300. The second-order valence-electron chi connectivity index (χ2n) is 6.45. The van der Waals surface area contributed by atoms with Crippen LogP contribution in [0, 0.1) is 12.8 Å². The van der Waals surface area contributed by atoms with Crippen molar-refractivity contribution in [3.8, 4) is 11.5 Å². The molecule has 138 valence electrons. The average molecular weight is 355 g/mol. The van der Waals surface area contributed by atoms with E-state index in [4.69, 9.17) is 10.5 Å². The van der Waals surface area contributed by atoms with E-state index < -0.39 is 6.04 Å². The molecule has 2 rings (SSSR count). The second kappa shape index (κ2) is 9.01. The van der Waals surface area contributed by atoms with Gasteiger partial charge in [0.1, 0.15) is 5.75 Å². The summed E-state index contributed by atoms with van der Waals surface area (Å²) in [5, 5.41) is 5.29. The summed E-state index contributed by atoms with van der Waals surface area (Å²) in [4.78, 5) is 24.0. The highest BCUT2D eigenvalue weighted by atomic mass is 16.5. The van der Waals surface area contributed by atoms with Crippen LogP contribution in [0.4, 0.5) is 5.69 Å². The molecule has 0 radical (unpaired) electrons. The van der Waals surface area contributed by atoms with Gasteiger partial charge in [0, 0.05) is 0 Å². The van der Waals surface area contributed by atoms with Gasteiger partial charge in [0.2, 0.25) is 11.8 Å². The summed E-state index contributed by atoms with van der Waals surface area (Å²) >= 11 is 0. The average Bonchev–Trinajstić information content (AvgIpc) is 2.62. The molecule has 6 heteroatoms. The third-order valence-corrected chi connectivity index (χ3v) is 3.85. The van der Waals surface area contributed by atoms with Crippen LogP contribution in [0.5, 0.6) is 11.5 Å². The molecule has 0 fully saturated rings. The van der Waals surface area contributed by atoms with Gasteiger partial charge in [0.15, 0.2) is 5.75 Å². The number of nitrogens with two attached hydrogens (primary N) is 1. The molecule has 0 aliphatic heterocycles. The van der Waals surface area contributed by atoms with Crippen molar-refractivity contribution in [2.75, 3.05) is 11.9 Å². The van der Waals surface area contributed by atoms with Gasteiger partial charge < -0.3 is 21.1 Å². The third-order valence-electron chi connectivity index (χ3n) is 3.85. The first-order valence-electron chi connectivity index (χ1n) is 8.53. The zero-order chi connectivity index (χ0) is 19.1. The molecular formula is C20H25N3O3. The summed E-state index contributed by atoms with van der Waals surface area (Å²) in [6, 6.07) is 14.1. The van der Waals surface area contributed by atoms with E-state index in [-0.39, 0.29) is 24.3 Å². The lowest BCUT2D eigenvalue weighted by Crippen LogP contribution is -2.46. The highest BCUT2D eigenvalue weighted by Crippen LogP contribution is 2.29. The minimum Gasteiger partial charge on any atom is -0.455 e. The molecule has 0 spiro atoms. The highest BCUT2D eigenvalue weighted by Gasteiger charge is 2.18. The van der Waals surface area contributed by atoms with E-state index in [9.17, 15) is 9.59 Å². The highest BCUT2D eigenvalue weighted by molar-refractivity contribution is 5.96. The third kappa shape index (κ3) is 5.60. The van der Waals surface area contributed by atoms with Gasteiger partial charge in [-0.3, -0.25) is 9.59 Å². The fourth-order valence-corrected chi connectivity index (χ4v) is 2.17. The van der Waals surface area contributed by atoms with E-state index in [2.05, 4.69) is 10.6 Å². The Morgan fingerprint density at radius 3 is 2.38 bits per heavy atom. The largest absolute Gasteiger partial charge is 0.455 e. The quantitative estimate of drug-likeness (QED) is 0.712. The molecule has 0 saturated carbocycles. The van der Waals surface area contributed by atoms with Gasteiger partial charge >= 0.3 is 0 Å². The van der Waals surface area contributed by atoms with Gasteiger partial charge in [0.05, 0.1) is 18.3 Å². The Kier molecular flexibility index (Phi) is 6.74. The Balaban J connectivity index is 1.97. The zero-order valence-electron chi connectivity index (χ0n) is 15.3. The van der Waals surface area contributed by atoms with Crippen molar-refractivity contribution < 1.29 is 14.3 Å². The second-order valence-corrected chi connectivity index (χ2v) is 6.45. The van der Waals surface area contributed by atoms with Gasteiger partial charge in [-0.2, -0.15) is 0 Å². The maximum Gasteiger partial charge on any atom is 0.243 e. The van der Waals surface area contributed by atoms with Crippen LogP contribution in [0.1, 0.15) is 19.4 Å². The van der Waals surface area contributed by atoms with Crippen LogP contribution in [0.3, 0.4) is 0 Å². The van der Waals surface area contributed by atoms with Gasteiger partial charge in [-0.25, -0.2) is 0 Å². The minimum atomic E-state index is -0.639. The van der Waals surface area contributed by atoms with Gasteiger partial charge in [0.25, 0.3) is 0 Å². The van der Waals surface area contributed by atoms with Crippen molar-refractivity contribution in [2.24, 2.45) is 11.7 Å². The molecule has 2 aromatic carbocycles. The first-order chi connectivity index (χ1) is 12.4. The lowest BCUT2D eigenvalue weighted by atomic mass is 10.1. The number of anilines is 1. The Morgan fingerprint density at radius 2 is 1.73 bits per heavy atom. The number of amides is 2. The fourth-order valence-electron chi connectivity index (χ4n) is 2.17. The smallest absolute Gasteiger partial charge is 0.243 e. The first kappa shape index (κ1) is 19.5. The lowest BCUT2D eigenvalue weighted by molar-refractivity contribution is -0.125. The Bertz CT molecular complexity index is 757. The van der Waals surface area contributed by atoms with Crippen LogP contribution in [0.2, 0.25) is 0 Å². The number of aryl methyl sites for hydroxylation is 1. The molecule has 6 nitrogen and oxygen atoms in total. The SMILES string of the molecule is Cc1ccc(Oc2ccccc2NC(=O)CNC(=O)[C@@H](N)C(C)C)cc1. The molecule has 0 aliphatic carbocycles. The molecule has 0 aliphatic rings. The van der Waals surface area contributed by atoms with Gasteiger partial charge in [-0.15, -0.1) is 0 Å². The van der Waals surface area contributed by atoms with E-state index in [1.165, 1.54) is 0 Å². The van der Waals surface area contributed by atoms with E-state index in [1.807, 2.05) is 51.1 Å². The van der Waals surface area contributed by atoms with Crippen molar-refractivity contribution in [3.05, 3.63) is 54.1 Å². The number of benzene rings is 2. The van der Waals surface area contributed by atoms with Crippen LogP contribution in [0.15, 0.2) is 48.5 Å². The molecule has 2 amide bonds. The number of hydrogen-bond donors (Lipinski definition) is 3. The molecule has 2 aromatic rings. The van der Waals surface area contributed by atoms with E-state index >= 15 is 0 Å². The molecule has 0 aromatic heterocycles. The topological polar surface area (TPSA) is 93.5 Å². The first-order valence-corrected chi connectivity index (χ1v) is 8.53. The molecule has 1 atom stereocenters. The van der Waals surface area contributed by atoms with Crippen molar-refractivity contribution in [1.82, 2.24) is 5.32 Å². The Morgan fingerprint density at radius 1 is 1.08 bits per heavy atom. The van der Waals surface area contributed by atoms with E-state index in [0.29, 0.717) is 17.2 Å². The van der Waals surface area contributed by atoms with Gasteiger partial charge in [-0.1, -0.05) is 43.7 Å². The minimum absolute atomic E-state index is 0.00157. The standard InChI is InChI=1S/C20H25N3O3/c1-13(2)19(21)20(25)22-12-18(24)23-16-6-4-5-7-17(16)26-15-10-8-14(3)9-11-15/h4-11,13,19H,12,21H2,1-3H3,(H,22,25)(H,23,24)/t19-/m0/s1. The van der Waals surface area contributed by atoms with Crippen LogP contribution in [-0.2, 0) is 9.59 Å². The number of carbonyl (C=O) groups excluding carboxylic acids is 2. The van der Waals surface area contributed by atoms with Crippen molar-refractivity contribution in [3.63, 3.8) is 0 Å². The Hall–Kier alpha value is -2.86. The molecular weight excluding hydrogens is 330 g/mol. The maximum atomic E-state index is 12.1.